The SMILES string of the molecule is O=C1c2cccc3cccc(c23)C(=O)N1CC1CCN(C[C@H](O)COc2ccc(Cl)cc2)CC1. The number of likely N-dealkylation sites (tertiary alicyclic amines) is 1. The highest BCUT2D eigenvalue weighted by atomic mass is 35.5. The van der Waals surface area contributed by atoms with Crippen LogP contribution in [0.25, 0.3) is 10.8 Å². The summed E-state index contributed by atoms with van der Waals surface area (Å²) in [4.78, 5) is 29.9. The number of rotatable bonds is 7. The third-order valence-electron chi connectivity index (χ3n) is 6.73. The highest BCUT2D eigenvalue weighted by Crippen LogP contribution is 2.31. The highest BCUT2D eigenvalue weighted by molar-refractivity contribution is 6.30. The number of carbonyl (C=O) groups is 2. The Labute approximate surface area is 203 Å². The Morgan fingerprint density at radius 2 is 1.56 bits per heavy atom. The summed E-state index contributed by atoms with van der Waals surface area (Å²) < 4.78 is 5.65. The van der Waals surface area contributed by atoms with Crippen LogP contribution >= 0.6 is 11.6 Å². The number of nitrogens with zero attached hydrogens (tertiary/aromatic N) is 2. The molecule has 2 amide bonds. The third kappa shape index (κ3) is 4.67. The summed E-state index contributed by atoms with van der Waals surface area (Å²) in [6.07, 6.45) is 1.14. The Hall–Kier alpha value is -2.93. The molecule has 0 unspecified atom stereocenters. The van der Waals surface area contributed by atoms with E-state index in [0.717, 1.165) is 36.7 Å². The number of halogens is 1. The number of amides is 2. The molecular formula is C27H27ClN2O4. The topological polar surface area (TPSA) is 70.1 Å². The number of hydrogen-bond donors (Lipinski definition) is 1. The largest absolute Gasteiger partial charge is 0.491 e. The zero-order chi connectivity index (χ0) is 23.7. The smallest absolute Gasteiger partial charge is 0.261 e. The highest BCUT2D eigenvalue weighted by Gasteiger charge is 2.34. The number of hydrogen-bond acceptors (Lipinski definition) is 5. The van der Waals surface area contributed by atoms with Crippen molar-refractivity contribution in [2.45, 2.75) is 18.9 Å². The lowest BCUT2D eigenvalue weighted by molar-refractivity contribution is 0.0453. The van der Waals surface area contributed by atoms with Gasteiger partial charge in [0.25, 0.3) is 11.8 Å². The normalized spacial score (nSPS) is 17.9. The van der Waals surface area contributed by atoms with Crippen LogP contribution in [0.4, 0.5) is 0 Å². The maximum atomic E-state index is 13.1. The molecule has 1 atom stereocenters. The van der Waals surface area contributed by atoms with Crippen molar-refractivity contribution in [3.63, 3.8) is 0 Å². The Bertz CT molecular complexity index is 1150. The van der Waals surface area contributed by atoms with E-state index < -0.39 is 6.10 Å². The van der Waals surface area contributed by atoms with Gasteiger partial charge in [0, 0.05) is 34.6 Å². The van der Waals surface area contributed by atoms with E-state index in [2.05, 4.69) is 4.90 Å². The standard InChI is InChI=1S/C27H27ClN2O4/c28-20-7-9-22(10-8-20)34-17-21(31)16-29-13-11-18(12-14-29)15-30-26(32)23-5-1-3-19-4-2-6-24(25(19)23)27(30)33/h1-10,18,21,31H,11-17H2/t21-/m0/s1. The zero-order valence-electron chi connectivity index (χ0n) is 18.8. The lowest BCUT2D eigenvalue weighted by Crippen LogP contribution is -2.46. The number of carbonyl (C=O) groups excluding carboxylic acids is 2. The van der Waals surface area contributed by atoms with Crippen LogP contribution in [0.3, 0.4) is 0 Å². The predicted molar refractivity (Wildman–Crippen MR) is 131 cm³/mol. The molecule has 1 saturated heterocycles. The molecule has 0 bridgehead atoms. The van der Waals surface area contributed by atoms with Gasteiger partial charge in [0.1, 0.15) is 18.5 Å². The molecule has 3 aromatic rings. The van der Waals surface area contributed by atoms with Gasteiger partial charge in [-0.1, -0.05) is 35.9 Å². The van der Waals surface area contributed by atoms with Gasteiger partial charge in [-0.3, -0.25) is 14.5 Å². The molecular weight excluding hydrogens is 452 g/mol. The molecule has 7 heteroatoms. The van der Waals surface area contributed by atoms with Crippen LogP contribution in [0.2, 0.25) is 5.02 Å². The summed E-state index contributed by atoms with van der Waals surface area (Å²) >= 11 is 5.88. The fourth-order valence-electron chi connectivity index (χ4n) is 4.93. The van der Waals surface area contributed by atoms with Gasteiger partial charge < -0.3 is 14.7 Å². The number of aliphatic hydroxyl groups excluding tert-OH is 1. The number of imide groups is 1. The molecule has 1 N–H and O–H groups in total. The number of benzene rings is 3. The van der Waals surface area contributed by atoms with Gasteiger partial charge in [0.15, 0.2) is 0 Å². The first-order valence-electron chi connectivity index (χ1n) is 11.7. The summed E-state index contributed by atoms with van der Waals surface area (Å²) in [6.45, 7) is 2.79. The molecule has 3 aromatic carbocycles. The first-order chi connectivity index (χ1) is 16.5. The van der Waals surface area contributed by atoms with Gasteiger partial charge in [-0.15, -0.1) is 0 Å². The van der Waals surface area contributed by atoms with Gasteiger partial charge in [0.05, 0.1) is 0 Å². The van der Waals surface area contributed by atoms with Crippen molar-refractivity contribution in [1.29, 1.82) is 0 Å². The average molecular weight is 479 g/mol. The number of aliphatic hydroxyl groups is 1. The maximum absolute atomic E-state index is 13.1. The molecule has 2 aliphatic rings. The van der Waals surface area contributed by atoms with E-state index >= 15 is 0 Å². The fraction of sp³-hybridized carbons (Fsp3) is 0.333. The Kier molecular flexibility index (Phi) is 6.55. The minimum absolute atomic E-state index is 0.202. The molecule has 0 saturated carbocycles. The molecule has 5 rings (SSSR count). The third-order valence-corrected chi connectivity index (χ3v) is 6.98. The monoisotopic (exact) mass is 478 g/mol. The second kappa shape index (κ2) is 9.74. The first-order valence-corrected chi connectivity index (χ1v) is 12.0. The molecule has 0 aromatic heterocycles. The molecule has 1 fully saturated rings. The van der Waals surface area contributed by atoms with E-state index in [1.165, 1.54) is 4.90 Å². The summed E-state index contributed by atoms with van der Waals surface area (Å²) in [5.41, 5.74) is 1.21. The molecule has 0 spiro atoms. The van der Waals surface area contributed by atoms with Gasteiger partial charge in [0.2, 0.25) is 0 Å². The Morgan fingerprint density at radius 1 is 0.941 bits per heavy atom. The summed E-state index contributed by atoms with van der Waals surface area (Å²) in [5, 5.41) is 12.7. The molecule has 0 aliphatic carbocycles. The van der Waals surface area contributed by atoms with E-state index in [0.29, 0.717) is 35.0 Å². The molecule has 0 radical (unpaired) electrons. The van der Waals surface area contributed by atoms with Gasteiger partial charge in [-0.25, -0.2) is 0 Å². The van der Waals surface area contributed by atoms with Crippen molar-refractivity contribution in [1.82, 2.24) is 9.80 Å². The van der Waals surface area contributed by atoms with E-state index in [-0.39, 0.29) is 24.3 Å². The second-order valence-corrected chi connectivity index (χ2v) is 9.53. The number of β-amino-alcohol motifs (C(OH)–C–C–N with tert-alkyl or cyclic N) is 1. The van der Waals surface area contributed by atoms with E-state index in [1.54, 1.807) is 24.3 Å². The van der Waals surface area contributed by atoms with Crippen LogP contribution < -0.4 is 4.74 Å². The van der Waals surface area contributed by atoms with Crippen molar-refractivity contribution in [2.24, 2.45) is 5.92 Å². The maximum Gasteiger partial charge on any atom is 0.261 e. The van der Waals surface area contributed by atoms with Crippen LogP contribution in [0.5, 0.6) is 5.75 Å². The van der Waals surface area contributed by atoms with Crippen LogP contribution in [-0.4, -0.2) is 65.6 Å². The molecule has 176 valence electrons. The summed E-state index contributed by atoms with van der Waals surface area (Å²) in [6, 6.07) is 18.3. The van der Waals surface area contributed by atoms with Gasteiger partial charge in [-0.05, 0) is 73.6 Å². The number of ether oxygens (including phenoxy) is 1. The quantitative estimate of drug-likeness (QED) is 0.514. The van der Waals surface area contributed by atoms with Crippen LogP contribution in [0, 0.1) is 5.92 Å². The van der Waals surface area contributed by atoms with Crippen LogP contribution in [0.1, 0.15) is 33.6 Å². The molecule has 6 nitrogen and oxygen atoms in total. The fourth-order valence-corrected chi connectivity index (χ4v) is 5.06. The van der Waals surface area contributed by atoms with Crippen molar-refractivity contribution >= 4 is 34.2 Å². The molecule has 2 aliphatic heterocycles. The predicted octanol–water partition coefficient (Wildman–Crippen LogP) is 4.24. The minimum Gasteiger partial charge on any atom is -0.491 e. The zero-order valence-corrected chi connectivity index (χ0v) is 19.6. The summed E-state index contributed by atoms with van der Waals surface area (Å²) in [7, 11) is 0. The van der Waals surface area contributed by atoms with Crippen molar-refractivity contribution in [3.8, 4) is 5.75 Å². The van der Waals surface area contributed by atoms with E-state index in [4.69, 9.17) is 16.3 Å². The van der Waals surface area contributed by atoms with Gasteiger partial charge in [-0.2, -0.15) is 0 Å². The lowest BCUT2D eigenvalue weighted by atomic mass is 9.91. The van der Waals surface area contributed by atoms with Crippen LogP contribution in [-0.2, 0) is 0 Å². The molecule has 2 heterocycles. The summed E-state index contributed by atoms with van der Waals surface area (Å²) in [5.74, 6) is 0.518. The van der Waals surface area contributed by atoms with Crippen molar-refractivity contribution in [2.75, 3.05) is 32.8 Å². The number of piperidine rings is 1. The molecule has 34 heavy (non-hydrogen) atoms. The Morgan fingerprint density at radius 3 is 2.18 bits per heavy atom. The van der Waals surface area contributed by atoms with Crippen molar-refractivity contribution in [3.05, 3.63) is 76.8 Å². The first kappa shape index (κ1) is 22.8. The van der Waals surface area contributed by atoms with Gasteiger partial charge >= 0.3 is 0 Å². The second-order valence-electron chi connectivity index (χ2n) is 9.09. The lowest BCUT2D eigenvalue weighted by Gasteiger charge is -2.36. The van der Waals surface area contributed by atoms with E-state index in [9.17, 15) is 14.7 Å². The van der Waals surface area contributed by atoms with Crippen LogP contribution in [0.15, 0.2) is 60.7 Å². The Balaban J connectivity index is 1.14. The van der Waals surface area contributed by atoms with Crippen molar-refractivity contribution < 1.29 is 19.4 Å². The average Bonchev–Trinajstić information content (AvgIpc) is 2.85. The minimum atomic E-state index is -0.602. The van der Waals surface area contributed by atoms with E-state index in [1.807, 2.05) is 36.4 Å².